The van der Waals surface area contributed by atoms with Crippen LogP contribution in [0.25, 0.3) is 0 Å². The molecule has 0 aliphatic rings. The molecule has 0 saturated carbocycles. The van der Waals surface area contributed by atoms with Gasteiger partial charge in [-0.2, -0.15) is 5.26 Å². The van der Waals surface area contributed by atoms with Gasteiger partial charge in [-0.05, 0) is 33.6 Å². The molecule has 0 aliphatic carbocycles. The number of benzene rings is 1. The number of pyridine rings is 1. The highest BCUT2D eigenvalue weighted by Crippen LogP contribution is 2.10. The molecule has 0 aliphatic heterocycles. The van der Waals surface area contributed by atoms with Crippen LogP contribution in [0.1, 0.15) is 11.1 Å². The summed E-state index contributed by atoms with van der Waals surface area (Å²) >= 11 is 3.17. The van der Waals surface area contributed by atoms with Crippen LogP contribution in [0.5, 0.6) is 0 Å². The smallest absolute Gasteiger partial charge is 0.218 e. The normalized spacial score (nSPS) is 10.0. The third kappa shape index (κ3) is 2.60. The molecule has 1 aromatic carbocycles. The predicted molar refractivity (Wildman–Crippen MR) is 73.1 cm³/mol. The van der Waals surface area contributed by atoms with E-state index in [-0.39, 0.29) is 11.1 Å². The number of aromatic nitrogens is 1. The maximum absolute atomic E-state index is 11.4. The summed E-state index contributed by atoms with van der Waals surface area (Å²) < 4.78 is 2.23. The summed E-state index contributed by atoms with van der Waals surface area (Å²) in [4.78, 5) is 11.4. The molecular weight excluding hydrogens is 294 g/mol. The Kier molecular flexibility index (Phi) is 3.49. The number of rotatable bonds is 2. The zero-order valence-electron chi connectivity index (χ0n) is 9.43. The Hall–Kier alpha value is -2.06. The number of nitrogen functional groups attached to an aromatic ring is 1. The van der Waals surface area contributed by atoms with Crippen molar-refractivity contribution in [2.24, 2.45) is 0 Å². The van der Waals surface area contributed by atoms with Gasteiger partial charge >= 0.3 is 0 Å². The van der Waals surface area contributed by atoms with Crippen molar-refractivity contribution in [3.63, 3.8) is 0 Å². The largest absolute Gasteiger partial charge is 0.394 e. The molecule has 18 heavy (non-hydrogen) atoms. The van der Waals surface area contributed by atoms with E-state index in [9.17, 15) is 4.79 Å². The molecule has 0 unspecified atom stereocenters. The maximum atomic E-state index is 11.4. The summed E-state index contributed by atoms with van der Waals surface area (Å²) in [5.74, 6) is 0. The van der Waals surface area contributed by atoms with Gasteiger partial charge in [-0.3, -0.25) is 4.79 Å². The quantitative estimate of drug-likeness (QED) is 0.923. The van der Waals surface area contributed by atoms with Gasteiger partial charge in [0.15, 0.2) is 0 Å². The van der Waals surface area contributed by atoms with Crippen LogP contribution in [0.2, 0.25) is 0 Å². The molecule has 0 saturated heterocycles. The summed E-state index contributed by atoms with van der Waals surface area (Å²) in [5, 5.41) is 8.83. The predicted octanol–water partition coefficient (Wildman–Crippen LogP) is 2.11. The SMILES string of the molecule is N#Cc1cccc(Cn2cc(N)c(=O)c(Br)c2)c1. The highest BCUT2D eigenvalue weighted by molar-refractivity contribution is 9.10. The molecule has 5 heteroatoms. The summed E-state index contributed by atoms with van der Waals surface area (Å²) in [5.41, 5.74) is 7.19. The van der Waals surface area contributed by atoms with E-state index in [1.807, 2.05) is 18.2 Å². The van der Waals surface area contributed by atoms with Gasteiger partial charge in [0.25, 0.3) is 0 Å². The molecule has 1 heterocycles. The van der Waals surface area contributed by atoms with E-state index < -0.39 is 0 Å². The molecule has 0 amide bonds. The Morgan fingerprint density at radius 2 is 2.17 bits per heavy atom. The zero-order valence-corrected chi connectivity index (χ0v) is 11.0. The number of halogens is 1. The average molecular weight is 304 g/mol. The molecule has 90 valence electrons. The number of nitrogens with two attached hydrogens (primary N) is 1. The first-order valence-corrected chi connectivity index (χ1v) is 6.03. The van der Waals surface area contributed by atoms with Crippen molar-refractivity contribution in [1.82, 2.24) is 4.57 Å². The molecule has 0 atom stereocenters. The molecule has 0 radical (unpaired) electrons. The highest BCUT2D eigenvalue weighted by Gasteiger charge is 2.03. The lowest BCUT2D eigenvalue weighted by Crippen LogP contribution is -2.13. The monoisotopic (exact) mass is 303 g/mol. The lowest BCUT2D eigenvalue weighted by molar-refractivity contribution is 0.787. The van der Waals surface area contributed by atoms with Gasteiger partial charge < -0.3 is 10.3 Å². The van der Waals surface area contributed by atoms with Crippen LogP contribution in [0.15, 0.2) is 45.9 Å². The number of hydrogen-bond acceptors (Lipinski definition) is 3. The Labute approximate surface area is 112 Å². The molecule has 2 rings (SSSR count). The van der Waals surface area contributed by atoms with Crippen LogP contribution in [0.3, 0.4) is 0 Å². The molecular formula is C13H10BrN3O. The Morgan fingerprint density at radius 1 is 1.39 bits per heavy atom. The van der Waals surface area contributed by atoms with E-state index in [1.54, 1.807) is 23.0 Å². The number of nitriles is 1. The molecule has 0 fully saturated rings. The van der Waals surface area contributed by atoms with Gasteiger partial charge in [-0.25, -0.2) is 0 Å². The fourth-order valence-electron chi connectivity index (χ4n) is 1.66. The van der Waals surface area contributed by atoms with Gasteiger partial charge in [0.2, 0.25) is 5.43 Å². The summed E-state index contributed by atoms with van der Waals surface area (Å²) in [6, 6.07) is 9.40. The molecule has 2 aromatic rings. The molecule has 4 nitrogen and oxygen atoms in total. The summed E-state index contributed by atoms with van der Waals surface area (Å²) in [6.07, 6.45) is 3.27. The van der Waals surface area contributed by atoms with Gasteiger partial charge in [-0.15, -0.1) is 0 Å². The van der Waals surface area contributed by atoms with Crippen LogP contribution in [-0.4, -0.2) is 4.57 Å². The summed E-state index contributed by atoms with van der Waals surface area (Å²) in [7, 11) is 0. The third-order valence-corrected chi connectivity index (χ3v) is 3.05. The van der Waals surface area contributed by atoms with Crippen molar-refractivity contribution in [3.8, 4) is 6.07 Å². The standard InChI is InChI=1S/C13H10BrN3O/c14-11-7-17(8-12(16)13(11)18)6-10-3-1-2-9(4-10)5-15/h1-4,7-8H,6,16H2. The molecule has 1 aromatic heterocycles. The molecule has 0 spiro atoms. The first-order chi connectivity index (χ1) is 8.60. The van der Waals surface area contributed by atoms with Crippen LogP contribution < -0.4 is 11.2 Å². The van der Waals surface area contributed by atoms with E-state index in [1.165, 1.54) is 0 Å². The number of hydrogen-bond donors (Lipinski definition) is 1. The van der Waals surface area contributed by atoms with Crippen LogP contribution >= 0.6 is 15.9 Å². The Balaban J connectivity index is 2.34. The van der Waals surface area contributed by atoms with Crippen molar-refractivity contribution in [3.05, 3.63) is 62.5 Å². The van der Waals surface area contributed by atoms with Crippen LogP contribution in [-0.2, 0) is 6.54 Å². The van der Waals surface area contributed by atoms with Gasteiger partial charge in [0, 0.05) is 18.9 Å². The summed E-state index contributed by atoms with van der Waals surface area (Å²) in [6.45, 7) is 0.554. The lowest BCUT2D eigenvalue weighted by atomic mass is 10.1. The minimum atomic E-state index is -0.211. The second kappa shape index (κ2) is 5.07. The second-order valence-electron chi connectivity index (χ2n) is 3.88. The average Bonchev–Trinajstić information content (AvgIpc) is 2.36. The lowest BCUT2D eigenvalue weighted by Gasteiger charge is -2.08. The zero-order chi connectivity index (χ0) is 13.1. The number of nitrogens with zero attached hydrogens (tertiary/aromatic N) is 2. The Morgan fingerprint density at radius 3 is 2.83 bits per heavy atom. The van der Waals surface area contributed by atoms with Gasteiger partial charge in [0.05, 0.1) is 21.8 Å². The van der Waals surface area contributed by atoms with Crippen LogP contribution in [0.4, 0.5) is 5.69 Å². The van der Waals surface area contributed by atoms with Crippen molar-refractivity contribution < 1.29 is 0 Å². The van der Waals surface area contributed by atoms with E-state index in [0.29, 0.717) is 16.6 Å². The van der Waals surface area contributed by atoms with E-state index in [2.05, 4.69) is 22.0 Å². The first-order valence-electron chi connectivity index (χ1n) is 5.24. The van der Waals surface area contributed by atoms with E-state index in [0.717, 1.165) is 5.56 Å². The second-order valence-corrected chi connectivity index (χ2v) is 4.73. The minimum Gasteiger partial charge on any atom is -0.394 e. The molecule has 2 N–H and O–H groups in total. The molecule has 0 bridgehead atoms. The maximum Gasteiger partial charge on any atom is 0.218 e. The van der Waals surface area contributed by atoms with Gasteiger partial charge in [0.1, 0.15) is 0 Å². The topological polar surface area (TPSA) is 71.8 Å². The third-order valence-electron chi connectivity index (χ3n) is 2.48. The van der Waals surface area contributed by atoms with Crippen LogP contribution in [0, 0.1) is 11.3 Å². The fourth-order valence-corrected chi connectivity index (χ4v) is 2.15. The van der Waals surface area contributed by atoms with Gasteiger partial charge in [-0.1, -0.05) is 12.1 Å². The number of anilines is 1. The van der Waals surface area contributed by atoms with Crippen molar-refractivity contribution >= 4 is 21.6 Å². The van der Waals surface area contributed by atoms with Crippen molar-refractivity contribution in [2.45, 2.75) is 6.54 Å². The Bertz CT molecular complexity index is 659. The van der Waals surface area contributed by atoms with Crippen molar-refractivity contribution in [2.75, 3.05) is 5.73 Å². The first kappa shape index (κ1) is 12.4. The fraction of sp³-hybridized carbons (Fsp3) is 0.0769. The minimum absolute atomic E-state index is 0.195. The van der Waals surface area contributed by atoms with Crippen molar-refractivity contribution in [1.29, 1.82) is 5.26 Å². The van der Waals surface area contributed by atoms with E-state index >= 15 is 0 Å². The highest BCUT2D eigenvalue weighted by atomic mass is 79.9. The van der Waals surface area contributed by atoms with E-state index in [4.69, 9.17) is 11.0 Å².